The van der Waals surface area contributed by atoms with E-state index in [1.165, 1.54) is 25.6 Å². The number of nitrogens with one attached hydrogen (secondary N) is 1. The van der Waals surface area contributed by atoms with Gasteiger partial charge in [0.05, 0.1) is 26.2 Å². The van der Waals surface area contributed by atoms with Crippen molar-refractivity contribution in [2.75, 3.05) is 33.4 Å². The van der Waals surface area contributed by atoms with Gasteiger partial charge in [0, 0.05) is 29.2 Å². The standard InChI is InChI=1S/C24H22N2O6S/c1-26-22(20-5-4-8-33-20)21(14-10-17(29-2)18(30-3)11-15(14)24(26)28)23(27)25-13-6-7-16-19(9-13)32-12-31-16/h4-11,21-22H,12H2,1-3H3,(H,25,27)/t21-,22-/m0/s1. The van der Waals surface area contributed by atoms with Crippen molar-refractivity contribution in [3.8, 4) is 23.0 Å². The number of rotatable bonds is 5. The fourth-order valence-electron chi connectivity index (χ4n) is 4.34. The van der Waals surface area contributed by atoms with E-state index in [0.717, 1.165) is 4.88 Å². The van der Waals surface area contributed by atoms with Crippen LogP contribution in [0.15, 0.2) is 47.8 Å². The molecule has 0 spiro atoms. The van der Waals surface area contributed by atoms with Gasteiger partial charge in [0.15, 0.2) is 23.0 Å². The second kappa shape index (κ2) is 8.32. The molecule has 0 bridgehead atoms. The minimum atomic E-state index is -0.674. The van der Waals surface area contributed by atoms with Crippen molar-refractivity contribution in [3.05, 3.63) is 63.8 Å². The Labute approximate surface area is 194 Å². The SMILES string of the molecule is COc1cc2c(cc1OC)[C@H](C(=O)Nc1ccc3c(c1)OCO3)[C@H](c1cccs1)N(C)C2=O. The summed E-state index contributed by atoms with van der Waals surface area (Å²) in [5.74, 6) is 0.991. The maximum atomic E-state index is 13.8. The van der Waals surface area contributed by atoms with Crippen LogP contribution in [0.5, 0.6) is 23.0 Å². The molecule has 0 unspecified atom stereocenters. The van der Waals surface area contributed by atoms with Crippen LogP contribution in [0.4, 0.5) is 5.69 Å². The van der Waals surface area contributed by atoms with Gasteiger partial charge in [-0.15, -0.1) is 11.3 Å². The molecule has 0 fully saturated rings. The third kappa shape index (κ3) is 3.54. The molecule has 2 atom stereocenters. The maximum absolute atomic E-state index is 13.8. The predicted octanol–water partition coefficient (Wildman–Crippen LogP) is 4.04. The fraction of sp³-hybridized carbons (Fsp3) is 0.250. The summed E-state index contributed by atoms with van der Waals surface area (Å²) < 4.78 is 21.7. The predicted molar refractivity (Wildman–Crippen MR) is 123 cm³/mol. The van der Waals surface area contributed by atoms with Crippen molar-refractivity contribution in [1.82, 2.24) is 4.90 Å². The zero-order chi connectivity index (χ0) is 23.1. The average molecular weight is 467 g/mol. The lowest BCUT2D eigenvalue weighted by molar-refractivity contribution is -0.119. The third-order valence-corrected chi connectivity index (χ3v) is 6.87. The second-order valence-corrected chi connectivity index (χ2v) is 8.68. The molecule has 2 amide bonds. The minimum absolute atomic E-state index is 0.151. The summed E-state index contributed by atoms with van der Waals surface area (Å²) in [7, 11) is 4.76. The van der Waals surface area contributed by atoms with Crippen molar-refractivity contribution in [3.63, 3.8) is 0 Å². The number of amides is 2. The van der Waals surface area contributed by atoms with Crippen molar-refractivity contribution >= 4 is 28.8 Å². The van der Waals surface area contributed by atoms with Gasteiger partial charge < -0.3 is 29.2 Å². The number of anilines is 1. The molecule has 8 nitrogen and oxygen atoms in total. The number of ether oxygens (including phenoxy) is 4. The molecule has 3 heterocycles. The molecule has 0 radical (unpaired) electrons. The van der Waals surface area contributed by atoms with Gasteiger partial charge in [-0.05, 0) is 41.3 Å². The molecule has 2 aliphatic heterocycles. The molecule has 0 saturated heterocycles. The lowest BCUT2D eigenvalue weighted by atomic mass is 9.81. The molecule has 9 heteroatoms. The topological polar surface area (TPSA) is 86.3 Å². The lowest BCUT2D eigenvalue weighted by Gasteiger charge is -2.39. The Kier molecular flexibility index (Phi) is 5.33. The fourth-order valence-corrected chi connectivity index (χ4v) is 5.25. The molecule has 2 aromatic carbocycles. The Hall–Kier alpha value is -3.72. The summed E-state index contributed by atoms with van der Waals surface area (Å²) in [5, 5.41) is 4.93. The first-order valence-electron chi connectivity index (χ1n) is 10.3. The first kappa shape index (κ1) is 21.1. The van der Waals surface area contributed by atoms with E-state index in [0.29, 0.717) is 39.8 Å². The van der Waals surface area contributed by atoms with Gasteiger partial charge in [-0.2, -0.15) is 0 Å². The number of carbonyl (C=O) groups is 2. The van der Waals surface area contributed by atoms with Gasteiger partial charge in [-0.3, -0.25) is 9.59 Å². The van der Waals surface area contributed by atoms with Gasteiger partial charge in [-0.1, -0.05) is 6.07 Å². The van der Waals surface area contributed by atoms with Crippen LogP contribution in [0.25, 0.3) is 0 Å². The highest BCUT2D eigenvalue weighted by Crippen LogP contribution is 2.47. The van der Waals surface area contributed by atoms with E-state index < -0.39 is 12.0 Å². The summed E-state index contributed by atoms with van der Waals surface area (Å²) >= 11 is 1.50. The van der Waals surface area contributed by atoms with Crippen LogP contribution in [0.2, 0.25) is 0 Å². The summed E-state index contributed by atoms with van der Waals surface area (Å²) in [5.41, 5.74) is 1.58. The van der Waals surface area contributed by atoms with E-state index in [9.17, 15) is 9.59 Å². The van der Waals surface area contributed by atoms with Crippen molar-refractivity contribution in [2.24, 2.45) is 0 Å². The molecular formula is C24H22N2O6S. The molecule has 33 heavy (non-hydrogen) atoms. The average Bonchev–Trinajstić information content (AvgIpc) is 3.52. The molecule has 170 valence electrons. The highest BCUT2D eigenvalue weighted by atomic mass is 32.1. The number of thiophene rings is 1. The number of fused-ring (bicyclic) bond motifs is 2. The summed E-state index contributed by atoms with van der Waals surface area (Å²) in [6, 6.07) is 12.0. The van der Waals surface area contributed by atoms with Gasteiger partial charge in [-0.25, -0.2) is 0 Å². The monoisotopic (exact) mass is 466 g/mol. The zero-order valence-corrected chi connectivity index (χ0v) is 19.1. The molecule has 0 saturated carbocycles. The number of carbonyl (C=O) groups excluding carboxylic acids is 2. The van der Waals surface area contributed by atoms with E-state index in [-0.39, 0.29) is 18.6 Å². The van der Waals surface area contributed by atoms with E-state index >= 15 is 0 Å². The molecule has 3 aromatic rings. The quantitative estimate of drug-likeness (QED) is 0.611. The third-order valence-electron chi connectivity index (χ3n) is 5.93. The van der Waals surface area contributed by atoms with Crippen molar-refractivity contribution < 1.29 is 28.5 Å². The largest absolute Gasteiger partial charge is 0.493 e. The second-order valence-electron chi connectivity index (χ2n) is 7.71. The first-order valence-corrected chi connectivity index (χ1v) is 11.2. The van der Waals surface area contributed by atoms with Gasteiger partial charge in [0.25, 0.3) is 5.91 Å². The van der Waals surface area contributed by atoms with Gasteiger partial charge in [0.1, 0.15) is 0 Å². The highest BCUT2D eigenvalue weighted by molar-refractivity contribution is 7.10. The Morgan fingerprint density at radius 2 is 1.85 bits per heavy atom. The minimum Gasteiger partial charge on any atom is -0.493 e. The van der Waals surface area contributed by atoms with Crippen LogP contribution in [0.3, 0.4) is 0 Å². The highest BCUT2D eigenvalue weighted by Gasteiger charge is 2.44. The summed E-state index contributed by atoms with van der Waals surface area (Å²) in [6.07, 6.45) is 0. The Morgan fingerprint density at radius 3 is 2.58 bits per heavy atom. The molecule has 5 rings (SSSR count). The van der Waals surface area contributed by atoms with Crippen LogP contribution in [0, 0.1) is 0 Å². The van der Waals surface area contributed by atoms with Crippen LogP contribution >= 0.6 is 11.3 Å². The van der Waals surface area contributed by atoms with Crippen LogP contribution in [-0.2, 0) is 4.79 Å². The van der Waals surface area contributed by atoms with E-state index in [1.54, 1.807) is 42.3 Å². The smallest absolute Gasteiger partial charge is 0.254 e. The number of nitrogens with zero attached hydrogens (tertiary/aromatic N) is 1. The van der Waals surface area contributed by atoms with E-state index in [1.807, 2.05) is 17.5 Å². The van der Waals surface area contributed by atoms with E-state index in [4.69, 9.17) is 18.9 Å². The number of hydrogen-bond donors (Lipinski definition) is 1. The van der Waals surface area contributed by atoms with Crippen LogP contribution < -0.4 is 24.3 Å². The van der Waals surface area contributed by atoms with Crippen molar-refractivity contribution in [2.45, 2.75) is 12.0 Å². The zero-order valence-electron chi connectivity index (χ0n) is 18.3. The maximum Gasteiger partial charge on any atom is 0.254 e. The van der Waals surface area contributed by atoms with Crippen LogP contribution in [0.1, 0.15) is 32.8 Å². The number of hydrogen-bond acceptors (Lipinski definition) is 7. The summed E-state index contributed by atoms with van der Waals surface area (Å²) in [4.78, 5) is 29.6. The Balaban J connectivity index is 1.60. The van der Waals surface area contributed by atoms with Gasteiger partial charge >= 0.3 is 0 Å². The molecule has 0 aliphatic carbocycles. The number of benzene rings is 2. The lowest BCUT2D eigenvalue weighted by Crippen LogP contribution is -2.43. The van der Waals surface area contributed by atoms with Crippen molar-refractivity contribution in [1.29, 1.82) is 0 Å². The van der Waals surface area contributed by atoms with Gasteiger partial charge in [0.2, 0.25) is 12.7 Å². The summed E-state index contributed by atoms with van der Waals surface area (Å²) in [6.45, 7) is 0.151. The van der Waals surface area contributed by atoms with E-state index in [2.05, 4.69) is 5.32 Å². The molecular weight excluding hydrogens is 444 g/mol. The molecule has 1 N–H and O–H groups in total. The first-order chi connectivity index (χ1) is 16.0. The number of methoxy groups -OCH3 is 2. The molecule has 1 aromatic heterocycles. The number of likely N-dealkylation sites (N-methyl/N-ethyl adjacent to an activating group) is 1. The Morgan fingerprint density at radius 1 is 1.09 bits per heavy atom. The normalized spacial score (nSPS) is 18.6. The van der Waals surface area contributed by atoms with Crippen LogP contribution in [-0.4, -0.2) is 44.8 Å². The Bertz CT molecular complexity index is 1230. The molecule has 2 aliphatic rings.